The van der Waals surface area contributed by atoms with E-state index in [1.54, 1.807) is 24.4 Å². The Kier molecular flexibility index (Phi) is 4.35. The second-order valence-electron chi connectivity index (χ2n) is 5.92. The van der Waals surface area contributed by atoms with E-state index < -0.39 is 0 Å². The summed E-state index contributed by atoms with van der Waals surface area (Å²) in [5, 5.41) is 14.1. The van der Waals surface area contributed by atoms with Crippen molar-refractivity contribution in [2.45, 2.75) is 6.54 Å². The highest BCUT2D eigenvalue weighted by Gasteiger charge is 2.10. The first-order valence-corrected chi connectivity index (χ1v) is 8.37. The molecule has 0 aliphatic heterocycles. The van der Waals surface area contributed by atoms with Gasteiger partial charge < -0.3 is 9.67 Å². The maximum atomic E-state index is 9.83. The number of nitrogens with one attached hydrogen (secondary N) is 1. The molecule has 5 heteroatoms. The number of anilines is 1. The molecular formula is C21H18N4O. The Morgan fingerprint density at radius 1 is 0.923 bits per heavy atom. The summed E-state index contributed by atoms with van der Waals surface area (Å²) in [7, 11) is 0. The number of hydrogen-bond donors (Lipinski definition) is 2. The van der Waals surface area contributed by atoms with Crippen molar-refractivity contribution in [2.24, 2.45) is 5.10 Å². The molecule has 5 nitrogen and oxygen atoms in total. The quantitative estimate of drug-likeness (QED) is 0.421. The Hall–Kier alpha value is -3.60. The summed E-state index contributed by atoms with van der Waals surface area (Å²) in [6.07, 6.45) is 1.58. The van der Waals surface area contributed by atoms with Gasteiger partial charge in [-0.15, -0.1) is 0 Å². The third-order valence-electron chi connectivity index (χ3n) is 4.14. The number of benzene rings is 3. The Morgan fingerprint density at radius 2 is 1.65 bits per heavy atom. The van der Waals surface area contributed by atoms with E-state index in [0.717, 1.165) is 11.0 Å². The van der Waals surface area contributed by atoms with Crippen molar-refractivity contribution in [3.8, 4) is 5.75 Å². The molecule has 1 aromatic heterocycles. The van der Waals surface area contributed by atoms with Gasteiger partial charge in [0.25, 0.3) is 0 Å². The number of hydrazone groups is 1. The molecule has 3 aromatic carbocycles. The molecule has 0 fully saturated rings. The van der Waals surface area contributed by atoms with Crippen LogP contribution in [0.15, 0.2) is 84.0 Å². The van der Waals surface area contributed by atoms with Crippen LogP contribution < -0.4 is 5.43 Å². The van der Waals surface area contributed by atoms with Crippen LogP contribution in [-0.4, -0.2) is 20.9 Å². The molecule has 0 atom stereocenters. The zero-order chi connectivity index (χ0) is 17.8. The van der Waals surface area contributed by atoms with Crippen molar-refractivity contribution in [2.75, 3.05) is 5.43 Å². The highest BCUT2D eigenvalue weighted by atomic mass is 16.3. The van der Waals surface area contributed by atoms with Crippen molar-refractivity contribution < 1.29 is 5.11 Å². The normalized spacial score (nSPS) is 11.2. The number of hydrogen-bond acceptors (Lipinski definition) is 4. The zero-order valence-corrected chi connectivity index (χ0v) is 14.1. The molecule has 4 rings (SSSR count). The first kappa shape index (κ1) is 15.9. The Balaban J connectivity index is 1.66. The molecule has 0 saturated heterocycles. The van der Waals surface area contributed by atoms with Crippen LogP contribution >= 0.6 is 0 Å². The second kappa shape index (κ2) is 7.11. The van der Waals surface area contributed by atoms with E-state index in [-0.39, 0.29) is 5.75 Å². The van der Waals surface area contributed by atoms with Crippen LogP contribution in [0.4, 0.5) is 5.95 Å². The highest BCUT2D eigenvalue weighted by molar-refractivity contribution is 5.84. The van der Waals surface area contributed by atoms with E-state index in [4.69, 9.17) is 0 Å². The van der Waals surface area contributed by atoms with Gasteiger partial charge >= 0.3 is 0 Å². The van der Waals surface area contributed by atoms with Crippen LogP contribution in [0.25, 0.3) is 11.0 Å². The second-order valence-corrected chi connectivity index (χ2v) is 5.92. The van der Waals surface area contributed by atoms with Gasteiger partial charge in [-0.1, -0.05) is 54.6 Å². The van der Waals surface area contributed by atoms with Crippen LogP contribution in [0.2, 0.25) is 0 Å². The van der Waals surface area contributed by atoms with Crippen LogP contribution in [-0.2, 0) is 6.54 Å². The van der Waals surface area contributed by atoms with Gasteiger partial charge in [0.15, 0.2) is 0 Å². The predicted octanol–water partition coefficient (Wildman–Crippen LogP) is 4.24. The Labute approximate surface area is 151 Å². The lowest BCUT2D eigenvalue weighted by Crippen LogP contribution is -2.05. The van der Waals surface area contributed by atoms with Gasteiger partial charge in [0.2, 0.25) is 5.95 Å². The fourth-order valence-electron chi connectivity index (χ4n) is 2.84. The van der Waals surface area contributed by atoms with Crippen molar-refractivity contribution in [1.82, 2.24) is 9.55 Å². The number of phenols is 1. The average Bonchev–Trinajstić information content (AvgIpc) is 3.02. The van der Waals surface area contributed by atoms with E-state index in [9.17, 15) is 5.11 Å². The maximum Gasteiger partial charge on any atom is 0.225 e. The molecule has 0 radical (unpaired) electrons. The largest absolute Gasteiger partial charge is 0.507 e. The minimum absolute atomic E-state index is 0.191. The van der Waals surface area contributed by atoms with E-state index >= 15 is 0 Å². The Morgan fingerprint density at radius 3 is 2.50 bits per heavy atom. The monoisotopic (exact) mass is 342 g/mol. The number of para-hydroxylation sites is 3. The molecule has 26 heavy (non-hydrogen) atoms. The van der Waals surface area contributed by atoms with Crippen LogP contribution in [0.3, 0.4) is 0 Å². The predicted molar refractivity (Wildman–Crippen MR) is 105 cm³/mol. The average molecular weight is 342 g/mol. The van der Waals surface area contributed by atoms with Gasteiger partial charge in [-0.2, -0.15) is 5.10 Å². The number of aromatic hydroxyl groups is 1. The summed E-state index contributed by atoms with van der Waals surface area (Å²) in [6, 6.07) is 25.3. The summed E-state index contributed by atoms with van der Waals surface area (Å²) in [5.74, 6) is 0.845. The molecule has 0 unspecified atom stereocenters. The fourth-order valence-corrected chi connectivity index (χ4v) is 2.84. The van der Waals surface area contributed by atoms with Gasteiger partial charge in [0.05, 0.1) is 23.8 Å². The molecule has 0 aliphatic rings. The van der Waals surface area contributed by atoms with Crippen molar-refractivity contribution >= 4 is 23.2 Å². The molecule has 0 aliphatic carbocycles. The first-order valence-electron chi connectivity index (χ1n) is 8.37. The van der Waals surface area contributed by atoms with Crippen LogP contribution in [0.1, 0.15) is 11.1 Å². The van der Waals surface area contributed by atoms with Gasteiger partial charge in [-0.25, -0.2) is 10.4 Å². The minimum atomic E-state index is 0.191. The highest BCUT2D eigenvalue weighted by Crippen LogP contribution is 2.21. The van der Waals surface area contributed by atoms with Gasteiger partial charge in [0, 0.05) is 5.56 Å². The van der Waals surface area contributed by atoms with Gasteiger partial charge in [-0.05, 0) is 29.8 Å². The van der Waals surface area contributed by atoms with E-state index in [1.165, 1.54) is 5.56 Å². The topological polar surface area (TPSA) is 62.4 Å². The molecule has 4 aromatic rings. The molecule has 0 spiro atoms. The number of rotatable bonds is 5. The lowest BCUT2D eigenvalue weighted by Gasteiger charge is -2.08. The molecule has 128 valence electrons. The number of aromatic nitrogens is 2. The first-order chi connectivity index (χ1) is 12.8. The lowest BCUT2D eigenvalue weighted by molar-refractivity contribution is 0.474. The van der Waals surface area contributed by atoms with Crippen molar-refractivity contribution in [1.29, 1.82) is 0 Å². The number of phenolic OH excluding ortho intramolecular Hbond substituents is 1. The summed E-state index contributed by atoms with van der Waals surface area (Å²) in [4.78, 5) is 4.64. The van der Waals surface area contributed by atoms with Crippen LogP contribution in [0, 0.1) is 0 Å². The lowest BCUT2D eigenvalue weighted by atomic mass is 10.2. The van der Waals surface area contributed by atoms with Crippen molar-refractivity contribution in [3.63, 3.8) is 0 Å². The minimum Gasteiger partial charge on any atom is -0.507 e. The van der Waals surface area contributed by atoms with Crippen molar-refractivity contribution in [3.05, 3.63) is 90.0 Å². The Bertz CT molecular complexity index is 1050. The van der Waals surface area contributed by atoms with Gasteiger partial charge in [-0.3, -0.25) is 0 Å². The van der Waals surface area contributed by atoms with E-state index in [2.05, 4.69) is 32.2 Å². The molecule has 0 saturated carbocycles. The van der Waals surface area contributed by atoms with E-state index in [0.29, 0.717) is 18.1 Å². The molecule has 0 amide bonds. The number of imidazole rings is 1. The third-order valence-corrected chi connectivity index (χ3v) is 4.14. The third kappa shape index (κ3) is 3.28. The smallest absolute Gasteiger partial charge is 0.225 e. The molecular weight excluding hydrogens is 324 g/mol. The SMILES string of the molecule is Oc1ccccc1/C=N/Nc1nc2ccccc2n1Cc1ccccc1. The number of nitrogens with zero attached hydrogens (tertiary/aromatic N) is 3. The summed E-state index contributed by atoms with van der Waals surface area (Å²) in [6.45, 7) is 0.690. The number of fused-ring (bicyclic) bond motifs is 1. The van der Waals surface area contributed by atoms with Gasteiger partial charge in [0.1, 0.15) is 5.75 Å². The summed E-state index contributed by atoms with van der Waals surface area (Å²) >= 11 is 0. The summed E-state index contributed by atoms with van der Waals surface area (Å²) < 4.78 is 2.09. The molecule has 1 heterocycles. The van der Waals surface area contributed by atoms with Crippen LogP contribution in [0.5, 0.6) is 5.75 Å². The standard InChI is InChI=1S/C21H18N4O/c26-20-13-7-4-10-17(20)14-22-24-21-23-18-11-5-6-12-19(18)25(21)15-16-8-2-1-3-9-16/h1-14,26H,15H2,(H,23,24)/b22-14+. The molecule has 0 bridgehead atoms. The maximum absolute atomic E-state index is 9.83. The summed E-state index contributed by atoms with van der Waals surface area (Å²) in [5.41, 5.74) is 6.78. The van der Waals surface area contributed by atoms with E-state index in [1.807, 2.05) is 48.5 Å². The zero-order valence-electron chi connectivity index (χ0n) is 14.1. The fraction of sp³-hybridized carbons (Fsp3) is 0.0476. The molecule has 2 N–H and O–H groups in total.